The molecule has 20 heavy (non-hydrogen) atoms. The molecule has 0 spiro atoms. The van der Waals surface area contributed by atoms with Gasteiger partial charge in [0, 0.05) is 18.7 Å². The maximum atomic E-state index is 13.2. The number of anilines is 1. The van der Waals surface area contributed by atoms with Gasteiger partial charge in [0.2, 0.25) is 0 Å². The van der Waals surface area contributed by atoms with E-state index >= 15 is 0 Å². The zero-order valence-corrected chi connectivity index (χ0v) is 10.9. The molecule has 2 heterocycles. The van der Waals surface area contributed by atoms with Crippen molar-refractivity contribution < 1.29 is 4.39 Å². The van der Waals surface area contributed by atoms with Crippen LogP contribution in [0.2, 0.25) is 0 Å². The number of rotatable bonds is 3. The first-order valence-electron chi connectivity index (χ1n) is 6.62. The van der Waals surface area contributed by atoms with Crippen LogP contribution in [0, 0.1) is 17.1 Å². The molecular weight excluding hydrogens is 257 g/mol. The minimum Gasteiger partial charge on any atom is -0.378 e. The topological polar surface area (TPSA) is 66.5 Å². The molecule has 1 N–H and O–H groups in total. The molecule has 0 atom stereocenters. The number of aromatic nitrogens is 3. The van der Waals surface area contributed by atoms with Crippen molar-refractivity contribution in [1.29, 1.82) is 5.26 Å². The number of nitriles is 1. The lowest BCUT2D eigenvalue weighted by atomic mass is 10.1. The van der Waals surface area contributed by atoms with Crippen molar-refractivity contribution in [1.82, 2.24) is 14.8 Å². The third kappa shape index (κ3) is 2.35. The summed E-state index contributed by atoms with van der Waals surface area (Å²) in [5.74, 6) is 1.41. The van der Waals surface area contributed by atoms with Crippen molar-refractivity contribution in [2.75, 3.05) is 5.32 Å². The average Bonchev–Trinajstić information content (AvgIpc) is 2.90. The van der Waals surface area contributed by atoms with Crippen LogP contribution >= 0.6 is 0 Å². The molecule has 1 aromatic heterocycles. The van der Waals surface area contributed by atoms with Gasteiger partial charge in [-0.1, -0.05) is 0 Å². The second-order valence-corrected chi connectivity index (χ2v) is 4.80. The summed E-state index contributed by atoms with van der Waals surface area (Å²) < 4.78 is 15.4. The maximum Gasteiger partial charge on any atom is 0.152 e. The molecule has 0 bridgehead atoms. The van der Waals surface area contributed by atoms with Crippen LogP contribution in [0.5, 0.6) is 0 Å². The second-order valence-electron chi connectivity index (χ2n) is 4.80. The monoisotopic (exact) mass is 271 g/mol. The Morgan fingerprint density at radius 2 is 2.25 bits per heavy atom. The number of nitrogens with zero attached hydrogens (tertiary/aromatic N) is 4. The van der Waals surface area contributed by atoms with Gasteiger partial charge in [0.15, 0.2) is 5.82 Å². The lowest BCUT2D eigenvalue weighted by Crippen LogP contribution is -2.15. The SMILES string of the molecule is N#Cc1cc(NCc2nnc3n2CCCC3)ccc1F. The predicted molar refractivity (Wildman–Crippen MR) is 71.4 cm³/mol. The zero-order valence-electron chi connectivity index (χ0n) is 10.9. The Balaban J connectivity index is 1.74. The Kier molecular flexibility index (Phi) is 3.33. The number of hydrogen-bond acceptors (Lipinski definition) is 4. The van der Waals surface area contributed by atoms with E-state index in [9.17, 15) is 4.39 Å². The average molecular weight is 271 g/mol. The molecule has 0 amide bonds. The number of fused-ring (bicyclic) bond motifs is 1. The summed E-state index contributed by atoms with van der Waals surface area (Å²) in [7, 11) is 0. The molecular formula is C14H14FN5. The smallest absolute Gasteiger partial charge is 0.152 e. The van der Waals surface area contributed by atoms with E-state index in [4.69, 9.17) is 5.26 Å². The number of halogens is 1. The molecule has 0 fully saturated rings. The van der Waals surface area contributed by atoms with Crippen molar-refractivity contribution in [2.24, 2.45) is 0 Å². The highest BCUT2D eigenvalue weighted by Gasteiger charge is 2.15. The molecule has 0 aliphatic carbocycles. The molecule has 1 aliphatic heterocycles. The fourth-order valence-corrected chi connectivity index (χ4v) is 2.40. The van der Waals surface area contributed by atoms with Gasteiger partial charge in [-0.15, -0.1) is 10.2 Å². The predicted octanol–water partition coefficient (Wildman–Crippen LogP) is 2.24. The third-order valence-electron chi connectivity index (χ3n) is 3.47. The van der Waals surface area contributed by atoms with Gasteiger partial charge in [0.1, 0.15) is 17.7 Å². The van der Waals surface area contributed by atoms with Gasteiger partial charge >= 0.3 is 0 Å². The van der Waals surface area contributed by atoms with Crippen LogP contribution in [-0.2, 0) is 19.5 Å². The Morgan fingerprint density at radius 1 is 1.35 bits per heavy atom. The van der Waals surface area contributed by atoms with E-state index in [0.29, 0.717) is 12.2 Å². The molecule has 1 aromatic carbocycles. The Bertz CT molecular complexity index is 671. The van der Waals surface area contributed by atoms with E-state index in [1.165, 1.54) is 12.1 Å². The maximum absolute atomic E-state index is 13.2. The lowest BCUT2D eigenvalue weighted by molar-refractivity contribution is 0.510. The van der Waals surface area contributed by atoms with Crippen molar-refractivity contribution in [3.8, 4) is 6.07 Å². The van der Waals surface area contributed by atoms with Crippen LogP contribution in [0.15, 0.2) is 18.2 Å². The van der Waals surface area contributed by atoms with Gasteiger partial charge in [-0.3, -0.25) is 0 Å². The summed E-state index contributed by atoms with van der Waals surface area (Å²) in [6.07, 6.45) is 3.28. The normalized spacial score (nSPS) is 13.6. The highest BCUT2D eigenvalue weighted by molar-refractivity contribution is 5.49. The first-order chi connectivity index (χ1) is 9.78. The number of aryl methyl sites for hydroxylation is 1. The highest BCUT2D eigenvalue weighted by atomic mass is 19.1. The van der Waals surface area contributed by atoms with Gasteiger partial charge in [-0.25, -0.2) is 4.39 Å². The van der Waals surface area contributed by atoms with E-state index in [-0.39, 0.29) is 5.56 Å². The summed E-state index contributed by atoms with van der Waals surface area (Å²) in [6.45, 7) is 1.47. The molecule has 2 aromatic rings. The van der Waals surface area contributed by atoms with Crippen LogP contribution in [-0.4, -0.2) is 14.8 Å². The van der Waals surface area contributed by atoms with Gasteiger partial charge in [0.05, 0.1) is 12.1 Å². The van der Waals surface area contributed by atoms with Crippen LogP contribution in [0.4, 0.5) is 10.1 Å². The molecule has 0 unspecified atom stereocenters. The first-order valence-corrected chi connectivity index (χ1v) is 6.62. The molecule has 3 rings (SSSR count). The fourth-order valence-electron chi connectivity index (χ4n) is 2.40. The minimum atomic E-state index is -0.502. The number of hydrogen-bond donors (Lipinski definition) is 1. The van der Waals surface area contributed by atoms with Gasteiger partial charge < -0.3 is 9.88 Å². The van der Waals surface area contributed by atoms with Gasteiger partial charge in [0.25, 0.3) is 0 Å². The number of nitrogens with one attached hydrogen (secondary N) is 1. The molecule has 0 radical (unpaired) electrons. The molecule has 5 nitrogen and oxygen atoms in total. The molecule has 1 aliphatic rings. The zero-order chi connectivity index (χ0) is 13.9. The van der Waals surface area contributed by atoms with Gasteiger partial charge in [-0.05, 0) is 31.0 Å². The third-order valence-corrected chi connectivity index (χ3v) is 3.47. The van der Waals surface area contributed by atoms with E-state index in [2.05, 4.69) is 20.1 Å². The van der Waals surface area contributed by atoms with Crippen molar-refractivity contribution in [3.63, 3.8) is 0 Å². The van der Waals surface area contributed by atoms with E-state index in [0.717, 1.165) is 37.5 Å². The van der Waals surface area contributed by atoms with Crippen molar-refractivity contribution >= 4 is 5.69 Å². The summed E-state index contributed by atoms with van der Waals surface area (Å²) in [5.41, 5.74) is 0.745. The minimum absolute atomic E-state index is 0.0401. The molecule has 0 saturated heterocycles. The van der Waals surface area contributed by atoms with Crippen LogP contribution in [0.1, 0.15) is 30.1 Å². The standard InChI is InChI=1S/C14H14FN5/c15-12-5-4-11(7-10(12)8-16)17-9-14-19-18-13-3-1-2-6-20(13)14/h4-5,7,17H,1-3,6,9H2. The second kappa shape index (κ2) is 5.29. The van der Waals surface area contributed by atoms with E-state index < -0.39 is 5.82 Å². The summed E-state index contributed by atoms with van der Waals surface area (Å²) in [4.78, 5) is 0. The number of benzene rings is 1. The summed E-state index contributed by atoms with van der Waals surface area (Å²) >= 11 is 0. The van der Waals surface area contributed by atoms with Crippen molar-refractivity contribution in [3.05, 3.63) is 41.2 Å². The Labute approximate surface area is 116 Å². The Morgan fingerprint density at radius 3 is 3.10 bits per heavy atom. The quantitative estimate of drug-likeness (QED) is 0.929. The van der Waals surface area contributed by atoms with Crippen LogP contribution in [0.25, 0.3) is 0 Å². The van der Waals surface area contributed by atoms with Gasteiger partial charge in [-0.2, -0.15) is 5.26 Å². The van der Waals surface area contributed by atoms with E-state index in [1.807, 2.05) is 6.07 Å². The van der Waals surface area contributed by atoms with Crippen LogP contribution < -0.4 is 5.32 Å². The first kappa shape index (κ1) is 12.6. The van der Waals surface area contributed by atoms with Crippen molar-refractivity contribution in [2.45, 2.75) is 32.4 Å². The Hall–Kier alpha value is -2.42. The molecule has 102 valence electrons. The lowest BCUT2D eigenvalue weighted by Gasteiger charge is -2.15. The molecule has 0 saturated carbocycles. The molecule has 6 heteroatoms. The highest BCUT2D eigenvalue weighted by Crippen LogP contribution is 2.17. The summed E-state index contributed by atoms with van der Waals surface area (Å²) in [5, 5.41) is 20.3. The fraction of sp³-hybridized carbons (Fsp3) is 0.357. The van der Waals surface area contributed by atoms with E-state index in [1.54, 1.807) is 6.07 Å². The summed E-state index contributed by atoms with van der Waals surface area (Å²) in [6, 6.07) is 6.24. The largest absolute Gasteiger partial charge is 0.378 e. The van der Waals surface area contributed by atoms with Crippen LogP contribution in [0.3, 0.4) is 0 Å².